The number of nitrogens with zero attached hydrogens (tertiary/aromatic N) is 1. The van der Waals surface area contributed by atoms with Crippen LogP contribution in [0.4, 0.5) is 4.79 Å². The standard InChI is InChI=1S/C28H34N2O4S/c1-21(2)34-27(31)17-24(15-22-9-5-3-6-10-22)13-14-25(16-23-11-7-4-8-12-23)30-28(32)33-19-26-18-29-20-35-26/h3-12,18,20-21,24-25H,13-17,19H2,1-2H3,(H,30,32). The van der Waals surface area contributed by atoms with Gasteiger partial charge < -0.3 is 14.8 Å². The van der Waals surface area contributed by atoms with E-state index in [4.69, 9.17) is 9.47 Å². The van der Waals surface area contributed by atoms with Crippen LogP contribution in [-0.4, -0.2) is 29.2 Å². The van der Waals surface area contributed by atoms with Gasteiger partial charge in [-0.15, -0.1) is 11.3 Å². The van der Waals surface area contributed by atoms with E-state index in [1.54, 1.807) is 11.7 Å². The second kappa shape index (κ2) is 14.3. The minimum Gasteiger partial charge on any atom is -0.463 e. The average Bonchev–Trinajstić information content (AvgIpc) is 3.36. The number of nitrogens with one attached hydrogen (secondary N) is 1. The molecule has 1 N–H and O–H groups in total. The third kappa shape index (κ3) is 10.3. The molecule has 0 fully saturated rings. The molecule has 0 radical (unpaired) electrons. The first-order chi connectivity index (χ1) is 17.0. The first-order valence-electron chi connectivity index (χ1n) is 12.1. The number of esters is 1. The molecular formula is C28H34N2O4S. The summed E-state index contributed by atoms with van der Waals surface area (Å²) in [5.41, 5.74) is 4.04. The zero-order valence-electron chi connectivity index (χ0n) is 20.4. The molecule has 1 amide bonds. The van der Waals surface area contributed by atoms with E-state index >= 15 is 0 Å². The van der Waals surface area contributed by atoms with Crippen molar-refractivity contribution in [3.63, 3.8) is 0 Å². The van der Waals surface area contributed by atoms with Crippen LogP contribution >= 0.6 is 11.3 Å². The Hall–Kier alpha value is -3.19. The topological polar surface area (TPSA) is 77.5 Å². The van der Waals surface area contributed by atoms with Crippen LogP contribution in [-0.2, 0) is 33.7 Å². The van der Waals surface area contributed by atoms with Crippen molar-refractivity contribution in [2.24, 2.45) is 5.92 Å². The van der Waals surface area contributed by atoms with Gasteiger partial charge in [-0.2, -0.15) is 0 Å². The highest BCUT2D eigenvalue weighted by Gasteiger charge is 2.21. The number of alkyl carbamates (subject to hydrolysis) is 1. The molecule has 0 saturated heterocycles. The van der Waals surface area contributed by atoms with Crippen LogP contribution in [0.2, 0.25) is 0 Å². The second-order valence-electron chi connectivity index (χ2n) is 8.95. The van der Waals surface area contributed by atoms with Crippen LogP contribution < -0.4 is 5.32 Å². The van der Waals surface area contributed by atoms with Gasteiger partial charge in [-0.1, -0.05) is 60.7 Å². The third-order valence-electron chi connectivity index (χ3n) is 5.59. The van der Waals surface area contributed by atoms with Gasteiger partial charge in [-0.25, -0.2) is 4.79 Å². The highest BCUT2D eigenvalue weighted by Crippen LogP contribution is 2.21. The van der Waals surface area contributed by atoms with E-state index in [1.165, 1.54) is 16.9 Å². The van der Waals surface area contributed by atoms with Gasteiger partial charge in [0.1, 0.15) is 6.61 Å². The zero-order chi connectivity index (χ0) is 24.9. The van der Waals surface area contributed by atoms with E-state index in [0.29, 0.717) is 12.8 Å². The molecule has 1 aromatic heterocycles. The predicted octanol–water partition coefficient (Wildman–Crippen LogP) is 5.96. The lowest BCUT2D eigenvalue weighted by molar-refractivity contribution is -0.148. The van der Waals surface area contributed by atoms with Crippen molar-refractivity contribution >= 4 is 23.4 Å². The quantitative estimate of drug-likeness (QED) is 0.297. The number of carbonyl (C=O) groups excluding carboxylic acids is 2. The van der Waals surface area contributed by atoms with E-state index in [9.17, 15) is 9.59 Å². The molecule has 2 unspecified atom stereocenters. The molecule has 3 aromatic rings. The Morgan fingerprint density at radius 3 is 2.20 bits per heavy atom. The van der Waals surface area contributed by atoms with Gasteiger partial charge in [0, 0.05) is 18.7 Å². The van der Waals surface area contributed by atoms with Gasteiger partial charge in [0.2, 0.25) is 0 Å². The van der Waals surface area contributed by atoms with Crippen molar-refractivity contribution in [1.82, 2.24) is 10.3 Å². The van der Waals surface area contributed by atoms with Gasteiger partial charge in [0.25, 0.3) is 0 Å². The molecule has 2 aromatic carbocycles. The molecule has 186 valence electrons. The van der Waals surface area contributed by atoms with Crippen molar-refractivity contribution in [3.8, 4) is 0 Å². The molecule has 2 atom stereocenters. The van der Waals surface area contributed by atoms with E-state index in [2.05, 4.69) is 34.6 Å². The van der Waals surface area contributed by atoms with E-state index in [0.717, 1.165) is 29.7 Å². The van der Waals surface area contributed by atoms with Crippen molar-refractivity contribution in [2.75, 3.05) is 0 Å². The smallest absolute Gasteiger partial charge is 0.407 e. The Balaban J connectivity index is 1.64. The van der Waals surface area contributed by atoms with Crippen LogP contribution in [0.3, 0.4) is 0 Å². The highest BCUT2D eigenvalue weighted by atomic mass is 32.1. The maximum Gasteiger partial charge on any atom is 0.407 e. The third-order valence-corrected chi connectivity index (χ3v) is 6.34. The first kappa shape index (κ1) is 26.4. The van der Waals surface area contributed by atoms with Gasteiger partial charge >= 0.3 is 12.1 Å². The molecule has 0 spiro atoms. The number of ether oxygens (including phenoxy) is 2. The predicted molar refractivity (Wildman–Crippen MR) is 138 cm³/mol. The summed E-state index contributed by atoms with van der Waals surface area (Å²) >= 11 is 1.45. The number of hydrogen-bond donors (Lipinski definition) is 1. The number of thiazole rings is 1. The first-order valence-corrected chi connectivity index (χ1v) is 12.9. The number of rotatable bonds is 13. The second-order valence-corrected chi connectivity index (χ2v) is 9.92. The summed E-state index contributed by atoms with van der Waals surface area (Å²) in [5.74, 6) is -0.0746. The van der Waals surface area contributed by atoms with Crippen molar-refractivity contribution < 1.29 is 19.1 Å². The van der Waals surface area contributed by atoms with Crippen LogP contribution in [0.1, 0.15) is 49.1 Å². The SMILES string of the molecule is CC(C)OC(=O)CC(CCC(Cc1ccccc1)NC(=O)OCc1cncs1)Cc1ccccc1. The molecule has 3 rings (SSSR count). The summed E-state index contributed by atoms with van der Waals surface area (Å²) in [6, 6.07) is 20.1. The Bertz CT molecular complexity index is 1010. The number of hydrogen-bond acceptors (Lipinski definition) is 6. The van der Waals surface area contributed by atoms with E-state index in [-0.39, 0.29) is 30.6 Å². The largest absolute Gasteiger partial charge is 0.463 e. The van der Waals surface area contributed by atoms with Crippen molar-refractivity contribution in [1.29, 1.82) is 0 Å². The highest BCUT2D eigenvalue weighted by molar-refractivity contribution is 7.09. The maximum absolute atomic E-state index is 12.6. The number of benzene rings is 2. The summed E-state index contributed by atoms with van der Waals surface area (Å²) in [5, 5.41) is 3.04. The lowest BCUT2D eigenvalue weighted by Crippen LogP contribution is -2.37. The summed E-state index contributed by atoms with van der Waals surface area (Å²) in [6.45, 7) is 3.93. The Morgan fingerprint density at radius 1 is 0.943 bits per heavy atom. The van der Waals surface area contributed by atoms with Crippen molar-refractivity contribution in [2.45, 2.75) is 64.7 Å². The monoisotopic (exact) mass is 494 g/mol. The maximum atomic E-state index is 12.6. The van der Waals surface area contributed by atoms with Gasteiger partial charge in [-0.05, 0) is 56.6 Å². The van der Waals surface area contributed by atoms with Gasteiger partial charge in [-0.3, -0.25) is 9.78 Å². The molecule has 0 aliphatic carbocycles. The number of carbonyl (C=O) groups is 2. The molecule has 0 bridgehead atoms. The van der Waals surface area contributed by atoms with Crippen molar-refractivity contribution in [3.05, 3.63) is 88.4 Å². The molecular weight excluding hydrogens is 460 g/mol. The summed E-state index contributed by atoms with van der Waals surface area (Å²) in [4.78, 5) is 29.9. The summed E-state index contributed by atoms with van der Waals surface area (Å²) in [7, 11) is 0. The fourth-order valence-corrected chi connectivity index (χ4v) is 4.50. The Labute approximate surface area is 211 Å². The molecule has 1 heterocycles. The molecule has 7 heteroatoms. The molecule has 6 nitrogen and oxygen atoms in total. The fraction of sp³-hybridized carbons (Fsp3) is 0.393. The van der Waals surface area contributed by atoms with Crippen LogP contribution in [0.15, 0.2) is 72.4 Å². The normalized spacial score (nSPS) is 12.7. The molecule has 0 aliphatic rings. The number of amides is 1. The Kier molecular flexibility index (Phi) is 10.8. The van der Waals surface area contributed by atoms with E-state index < -0.39 is 6.09 Å². The minimum atomic E-state index is -0.446. The van der Waals surface area contributed by atoms with Crippen LogP contribution in [0.25, 0.3) is 0 Å². The zero-order valence-corrected chi connectivity index (χ0v) is 21.2. The molecule has 0 saturated carbocycles. The number of aromatic nitrogens is 1. The van der Waals surface area contributed by atoms with E-state index in [1.807, 2.05) is 50.2 Å². The molecule has 35 heavy (non-hydrogen) atoms. The van der Waals surface area contributed by atoms with Gasteiger partial charge in [0.15, 0.2) is 0 Å². The van der Waals surface area contributed by atoms with Crippen LogP contribution in [0, 0.1) is 5.92 Å². The van der Waals surface area contributed by atoms with Crippen LogP contribution in [0.5, 0.6) is 0 Å². The summed E-state index contributed by atoms with van der Waals surface area (Å²) in [6.07, 6.45) is 4.42. The lowest BCUT2D eigenvalue weighted by atomic mass is 9.89. The minimum absolute atomic E-state index is 0.108. The average molecular weight is 495 g/mol. The van der Waals surface area contributed by atoms with Gasteiger partial charge in [0.05, 0.1) is 16.5 Å². The lowest BCUT2D eigenvalue weighted by Gasteiger charge is -2.23. The Morgan fingerprint density at radius 2 is 1.60 bits per heavy atom. The summed E-state index contributed by atoms with van der Waals surface area (Å²) < 4.78 is 10.8. The molecule has 0 aliphatic heterocycles. The fourth-order valence-electron chi connectivity index (χ4n) is 3.99.